The first-order chi connectivity index (χ1) is 15.3. The predicted molar refractivity (Wildman–Crippen MR) is 115 cm³/mol. The van der Waals surface area contributed by atoms with Crippen molar-refractivity contribution in [3.63, 3.8) is 0 Å². The number of amides is 1. The Morgan fingerprint density at radius 1 is 1.06 bits per heavy atom. The molecule has 0 N–H and O–H groups in total. The minimum absolute atomic E-state index is 0.178. The van der Waals surface area contributed by atoms with Gasteiger partial charge >= 0.3 is 17.5 Å². The zero-order valence-corrected chi connectivity index (χ0v) is 17.7. The summed E-state index contributed by atoms with van der Waals surface area (Å²) in [5.41, 5.74) is 0.887. The maximum atomic E-state index is 12.7. The summed E-state index contributed by atoms with van der Waals surface area (Å²) < 4.78 is 7.08. The van der Waals surface area contributed by atoms with E-state index >= 15 is 0 Å². The lowest BCUT2D eigenvalue weighted by atomic mass is 10.2. The van der Waals surface area contributed by atoms with Gasteiger partial charge in [-0.05, 0) is 24.6 Å². The van der Waals surface area contributed by atoms with E-state index in [9.17, 15) is 14.4 Å². The highest BCUT2D eigenvalue weighted by Crippen LogP contribution is 2.12. The number of aromatic nitrogens is 5. The van der Waals surface area contributed by atoms with E-state index in [1.54, 1.807) is 19.2 Å². The smallest absolute Gasteiger partial charge is 0.333 e. The number of rotatable bonds is 5. The molecule has 0 fully saturated rings. The predicted octanol–water partition coefficient (Wildman–Crippen LogP) is 1.56. The normalized spacial score (nSPS) is 10.8. The van der Waals surface area contributed by atoms with E-state index in [-0.39, 0.29) is 17.4 Å². The Hall–Kier alpha value is -4.34. The molecule has 32 heavy (non-hydrogen) atoms. The zero-order valence-electron chi connectivity index (χ0n) is 17.7. The molecule has 1 amide bonds. The van der Waals surface area contributed by atoms with E-state index in [4.69, 9.17) is 4.52 Å². The van der Waals surface area contributed by atoms with Crippen LogP contribution in [0.25, 0.3) is 17.2 Å². The van der Waals surface area contributed by atoms with Crippen LogP contribution in [0.2, 0.25) is 0 Å². The molecule has 0 bridgehead atoms. The molecule has 0 aliphatic rings. The van der Waals surface area contributed by atoms with Crippen LogP contribution in [-0.2, 0) is 13.6 Å². The second-order valence-corrected chi connectivity index (χ2v) is 7.31. The van der Waals surface area contributed by atoms with Gasteiger partial charge in [-0.3, -0.25) is 14.2 Å². The summed E-state index contributed by atoms with van der Waals surface area (Å²) in [6, 6.07) is 16.5. The van der Waals surface area contributed by atoms with Crippen molar-refractivity contribution in [2.75, 3.05) is 7.05 Å². The first kappa shape index (κ1) is 20.9. The summed E-state index contributed by atoms with van der Waals surface area (Å²) in [6.07, 6.45) is 0. The van der Waals surface area contributed by atoms with Gasteiger partial charge in [0.15, 0.2) is 5.69 Å². The van der Waals surface area contributed by atoms with Gasteiger partial charge in [-0.25, -0.2) is 4.79 Å². The van der Waals surface area contributed by atoms with Crippen molar-refractivity contribution in [1.82, 2.24) is 29.4 Å². The summed E-state index contributed by atoms with van der Waals surface area (Å²) in [5, 5.41) is 7.90. The van der Waals surface area contributed by atoms with Crippen molar-refractivity contribution in [3.05, 3.63) is 92.5 Å². The van der Waals surface area contributed by atoms with Gasteiger partial charge in [0.25, 0.3) is 5.56 Å². The average molecular weight is 432 g/mol. The molecule has 2 aromatic heterocycles. The Balaban J connectivity index is 1.68. The number of carbonyl (C=O) groups excluding carboxylic acids is 1. The topological polar surface area (TPSA) is 116 Å². The number of benzene rings is 2. The third-order valence-electron chi connectivity index (χ3n) is 4.88. The van der Waals surface area contributed by atoms with Crippen LogP contribution >= 0.6 is 0 Å². The number of aryl methyl sites for hydroxylation is 1. The molecule has 2 aromatic carbocycles. The second-order valence-electron chi connectivity index (χ2n) is 7.31. The Kier molecular flexibility index (Phi) is 5.50. The fourth-order valence-corrected chi connectivity index (χ4v) is 3.07. The maximum absolute atomic E-state index is 12.7. The number of hydrogen-bond donors (Lipinski definition) is 0. The highest BCUT2D eigenvalue weighted by molar-refractivity contribution is 5.89. The molecular weight excluding hydrogens is 412 g/mol. The quantitative estimate of drug-likeness (QED) is 0.470. The van der Waals surface area contributed by atoms with Crippen molar-refractivity contribution < 1.29 is 9.32 Å². The van der Waals surface area contributed by atoms with Gasteiger partial charge in [-0.1, -0.05) is 53.2 Å². The van der Waals surface area contributed by atoms with E-state index in [0.29, 0.717) is 12.2 Å². The van der Waals surface area contributed by atoms with Crippen LogP contribution in [0.5, 0.6) is 0 Å². The van der Waals surface area contributed by atoms with Gasteiger partial charge in [0.2, 0.25) is 5.82 Å². The number of nitrogens with zero attached hydrogens (tertiary/aromatic N) is 6. The lowest BCUT2D eigenvalue weighted by Crippen LogP contribution is -2.40. The van der Waals surface area contributed by atoms with Gasteiger partial charge in [-0.15, -0.1) is 0 Å². The lowest BCUT2D eigenvalue weighted by Gasteiger charge is -2.14. The van der Waals surface area contributed by atoms with E-state index < -0.39 is 17.2 Å². The summed E-state index contributed by atoms with van der Waals surface area (Å²) in [7, 11) is 2.94. The fourth-order valence-electron chi connectivity index (χ4n) is 3.07. The average Bonchev–Trinajstić information content (AvgIpc) is 3.28. The molecule has 162 valence electrons. The minimum atomic E-state index is -0.698. The van der Waals surface area contributed by atoms with Crippen molar-refractivity contribution in [1.29, 1.82) is 0 Å². The molecule has 10 heteroatoms. The van der Waals surface area contributed by atoms with Crippen LogP contribution in [0.3, 0.4) is 0 Å². The zero-order chi connectivity index (χ0) is 22.8. The third-order valence-corrected chi connectivity index (χ3v) is 4.88. The highest BCUT2D eigenvalue weighted by atomic mass is 16.5. The Labute approximate surface area is 182 Å². The largest absolute Gasteiger partial charge is 0.351 e. The van der Waals surface area contributed by atoms with Crippen LogP contribution in [0.1, 0.15) is 21.8 Å². The van der Waals surface area contributed by atoms with Gasteiger partial charge < -0.3 is 9.42 Å². The molecule has 2 heterocycles. The summed E-state index contributed by atoms with van der Waals surface area (Å²) >= 11 is 0. The van der Waals surface area contributed by atoms with Crippen molar-refractivity contribution >= 4 is 5.91 Å². The van der Waals surface area contributed by atoms with Gasteiger partial charge in [0.05, 0.1) is 5.69 Å². The van der Waals surface area contributed by atoms with E-state index in [0.717, 1.165) is 20.4 Å². The van der Waals surface area contributed by atoms with E-state index in [1.165, 1.54) is 11.9 Å². The van der Waals surface area contributed by atoms with Crippen molar-refractivity contribution in [2.24, 2.45) is 7.05 Å². The molecule has 0 unspecified atom stereocenters. The van der Waals surface area contributed by atoms with Crippen LogP contribution < -0.4 is 11.2 Å². The monoisotopic (exact) mass is 432 g/mol. The minimum Gasteiger partial charge on any atom is -0.333 e. The standard InChI is InChI=1S/C22H20N6O4/c1-14-9-11-16(12-10-14)28-22(31)27(3)20(29)17(24-28)18-23-19(32-25-18)21(30)26(2)13-15-7-5-4-6-8-15/h4-12H,13H2,1-3H3. The molecule has 10 nitrogen and oxygen atoms in total. The first-order valence-electron chi connectivity index (χ1n) is 9.76. The van der Waals surface area contributed by atoms with Crippen molar-refractivity contribution in [3.8, 4) is 17.2 Å². The fraction of sp³-hybridized carbons (Fsp3) is 0.182. The Morgan fingerprint density at radius 3 is 2.44 bits per heavy atom. The van der Waals surface area contributed by atoms with Crippen LogP contribution in [0.4, 0.5) is 0 Å². The summed E-state index contributed by atoms with van der Waals surface area (Å²) in [4.78, 5) is 43.4. The van der Waals surface area contributed by atoms with Crippen LogP contribution in [0, 0.1) is 6.92 Å². The molecule has 0 radical (unpaired) electrons. The Morgan fingerprint density at radius 2 is 1.75 bits per heavy atom. The third kappa shape index (κ3) is 3.97. The molecular formula is C22H20N6O4. The van der Waals surface area contributed by atoms with Crippen LogP contribution in [-0.4, -0.2) is 42.3 Å². The molecule has 0 saturated carbocycles. The van der Waals surface area contributed by atoms with E-state index in [2.05, 4.69) is 15.2 Å². The molecule has 4 aromatic rings. The molecule has 0 saturated heterocycles. The Bertz CT molecular complexity index is 1390. The molecule has 4 rings (SSSR count). The van der Waals surface area contributed by atoms with Gasteiger partial charge in [0, 0.05) is 20.6 Å². The van der Waals surface area contributed by atoms with Gasteiger partial charge in [-0.2, -0.15) is 14.8 Å². The molecule has 0 aliphatic heterocycles. The maximum Gasteiger partial charge on any atom is 0.351 e. The van der Waals surface area contributed by atoms with Crippen molar-refractivity contribution in [2.45, 2.75) is 13.5 Å². The summed E-state index contributed by atoms with van der Waals surface area (Å²) in [5.74, 6) is -0.963. The highest BCUT2D eigenvalue weighted by Gasteiger charge is 2.24. The van der Waals surface area contributed by atoms with E-state index in [1.807, 2.05) is 49.4 Å². The lowest BCUT2D eigenvalue weighted by molar-refractivity contribution is 0.0735. The SMILES string of the molecule is Cc1ccc(-n2nc(-c3noc(C(=O)N(C)Cc4ccccc4)n3)c(=O)n(C)c2=O)cc1. The number of carbonyl (C=O) groups is 1. The first-order valence-corrected chi connectivity index (χ1v) is 9.76. The van der Waals surface area contributed by atoms with Crippen LogP contribution in [0.15, 0.2) is 68.7 Å². The molecule has 0 spiro atoms. The summed E-state index contributed by atoms with van der Waals surface area (Å²) in [6.45, 7) is 2.26. The second kappa shape index (κ2) is 8.42. The van der Waals surface area contributed by atoms with Gasteiger partial charge in [0.1, 0.15) is 0 Å². The number of hydrogen-bond acceptors (Lipinski definition) is 7. The molecule has 0 atom stereocenters. The molecule has 0 aliphatic carbocycles.